The van der Waals surface area contributed by atoms with Crippen molar-refractivity contribution in [2.45, 2.75) is 59.0 Å². The molecule has 34 heavy (non-hydrogen) atoms. The largest absolute Gasteiger partial charge is 0.458 e. The van der Waals surface area contributed by atoms with Gasteiger partial charge in [-0.25, -0.2) is 22.9 Å². The molecule has 0 saturated carbocycles. The summed E-state index contributed by atoms with van der Waals surface area (Å²) in [5.41, 5.74) is -0.684. The smallest absolute Gasteiger partial charge is 0.449 e. The number of fused-ring (bicyclic) bond motifs is 1. The third-order valence-electron chi connectivity index (χ3n) is 5.33. The number of alkyl halides is 3. The zero-order chi connectivity index (χ0) is 25.4. The summed E-state index contributed by atoms with van der Waals surface area (Å²) in [6.45, 7) is 4.10. The second kappa shape index (κ2) is 9.67. The molecule has 2 heterocycles. The Balaban J connectivity index is 1.77. The number of aromatic nitrogens is 2. The van der Waals surface area contributed by atoms with Gasteiger partial charge in [-0.05, 0) is 37.8 Å². The number of carbonyl (C=O) groups excluding carboxylic acids is 2. The van der Waals surface area contributed by atoms with Crippen molar-refractivity contribution in [3.05, 3.63) is 52.4 Å². The first kappa shape index (κ1) is 25.6. The highest BCUT2D eigenvalue weighted by Crippen LogP contribution is 2.33. The van der Waals surface area contributed by atoms with E-state index < -0.39 is 59.0 Å². The number of amides is 1. The molecule has 12 heteroatoms. The number of nitrogens with zero attached hydrogens (tertiary/aromatic N) is 3. The Morgan fingerprint density at radius 1 is 1.06 bits per heavy atom. The zero-order valence-corrected chi connectivity index (χ0v) is 18.7. The Kier molecular flexibility index (Phi) is 7.27. The third kappa shape index (κ3) is 5.53. The monoisotopic (exact) mass is 491 g/mol. The number of imidazole rings is 1. The van der Waals surface area contributed by atoms with Gasteiger partial charge in [0.15, 0.2) is 17.3 Å². The summed E-state index contributed by atoms with van der Waals surface area (Å²) in [6.07, 6.45) is -5.56. The molecule has 0 aliphatic carbocycles. The number of rotatable bonds is 6. The zero-order valence-electron chi connectivity index (χ0n) is 18.7. The van der Waals surface area contributed by atoms with Crippen LogP contribution in [-0.4, -0.2) is 39.0 Å². The predicted molar refractivity (Wildman–Crippen MR) is 107 cm³/mol. The highest BCUT2D eigenvalue weighted by Gasteiger charge is 2.42. The van der Waals surface area contributed by atoms with Crippen LogP contribution in [0.4, 0.5) is 26.3 Å². The molecule has 1 atom stereocenters. The first-order valence-corrected chi connectivity index (χ1v) is 10.6. The lowest BCUT2D eigenvalue weighted by molar-refractivity contribution is -0.148. The van der Waals surface area contributed by atoms with Gasteiger partial charge in [0.25, 0.3) is 0 Å². The van der Waals surface area contributed by atoms with Gasteiger partial charge in [0.1, 0.15) is 5.82 Å². The van der Waals surface area contributed by atoms with E-state index in [1.54, 1.807) is 6.92 Å². The van der Waals surface area contributed by atoms with E-state index in [1.165, 1.54) is 18.7 Å². The van der Waals surface area contributed by atoms with Crippen LogP contribution < -0.4 is 0 Å². The van der Waals surface area contributed by atoms with Gasteiger partial charge >= 0.3 is 12.1 Å². The molecule has 1 aromatic carbocycles. The Bertz CT molecular complexity index is 1100. The van der Waals surface area contributed by atoms with Crippen LogP contribution in [0.2, 0.25) is 0 Å². The standard InChI is InChI=1S/C22H23F6N3O3/c1-11(2)34-20(33)19-17-10-30(4-5-31(17)21(29-19)22(26,27)28)18(32)7-12(3)6-13-8-15(24)16(25)9-14(13)23/h8-9,11-12H,4-7,10H2,1-3H3/t12-/m1/s1. The van der Waals surface area contributed by atoms with Gasteiger partial charge in [0.05, 0.1) is 18.3 Å². The van der Waals surface area contributed by atoms with Gasteiger partial charge in [-0.2, -0.15) is 13.2 Å². The van der Waals surface area contributed by atoms with Crippen LogP contribution >= 0.6 is 0 Å². The molecule has 2 aromatic rings. The molecule has 0 fully saturated rings. The maximum absolute atomic E-state index is 13.9. The van der Waals surface area contributed by atoms with Gasteiger partial charge < -0.3 is 14.2 Å². The molecule has 186 valence electrons. The molecular formula is C22H23F6N3O3. The van der Waals surface area contributed by atoms with E-state index >= 15 is 0 Å². The van der Waals surface area contributed by atoms with Crippen LogP contribution in [0.25, 0.3) is 0 Å². The Labute approximate surface area is 191 Å². The fraction of sp³-hybridized carbons (Fsp3) is 0.500. The van der Waals surface area contributed by atoms with Crippen LogP contribution in [0.15, 0.2) is 12.1 Å². The highest BCUT2D eigenvalue weighted by molar-refractivity contribution is 5.89. The second-order valence-electron chi connectivity index (χ2n) is 8.52. The number of esters is 1. The van der Waals surface area contributed by atoms with Gasteiger partial charge in [0, 0.05) is 25.6 Å². The third-order valence-corrected chi connectivity index (χ3v) is 5.33. The van der Waals surface area contributed by atoms with E-state index in [1.807, 2.05) is 0 Å². The molecule has 3 rings (SSSR count). The number of halogens is 6. The van der Waals surface area contributed by atoms with E-state index in [0.717, 1.165) is 10.6 Å². The minimum absolute atomic E-state index is 0.0509. The molecule has 0 saturated heterocycles. The average molecular weight is 491 g/mol. The minimum Gasteiger partial charge on any atom is -0.458 e. The van der Waals surface area contributed by atoms with Crippen molar-refractivity contribution in [2.75, 3.05) is 6.54 Å². The molecule has 1 aliphatic heterocycles. The summed E-state index contributed by atoms with van der Waals surface area (Å²) < 4.78 is 86.6. The minimum atomic E-state index is -4.81. The molecule has 6 nitrogen and oxygen atoms in total. The van der Waals surface area contributed by atoms with Gasteiger partial charge in [-0.3, -0.25) is 4.79 Å². The first-order chi connectivity index (χ1) is 15.8. The van der Waals surface area contributed by atoms with Crippen molar-refractivity contribution in [3.63, 3.8) is 0 Å². The number of benzene rings is 1. The first-order valence-electron chi connectivity index (χ1n) is 10.6. The molecular weight excluding hydrogens is 468 g/mol. The molecule has 0 unspecified atom stereocenters. The van der Waals surface area contributed by atoms with E-state index in [2.05, 4.69) is 4.98 Å². The number of hydrogen-bond acceptors (Lipinski definition) is 4. The lowest BCUT2D eigenvalue weighted by Crippen LogP contribution is -2.40. The van der Waals surface area contributed by atoms with Gasteiger partial charge in [0.2, 0.25) is 11.7 Å². The van der Waals surface area contributed by atoms with E-state index in [4.69, 9.17) is 4.74 Å². The van der Waals surface area contributed by atoms with Crippen LogP contribution in [-0.2, 0) is 35.2 Å². The normalized spacial score (nSPS) is 14.8. The van der Waals surface area contributed by atoms with Crippen LogP contribution in [0.5, 0.6) is 0 Å². The quantitative estimate of drug-likeness (QED) is 0.339. The van der Waals surface area contributed by atoms with Crippen molar-refractivity contribution in [1.29, 1.82) is 0 Å². The lowest BCUT2D eigenvalue weighted by Gasteiger charge is -2.30. The van der Waals surface area contributed by atoms with Gasteiger partial charge in [-0.15, -0.1) is 0 Å². The number of hydrogen-bond donors (Lipinski definition) is 0. The fourth-order valence-corrected chi connectivity index (χ4v) is 3.83. The van der Waals surface area contributed by atoms with Crippen molar-refractivity contribution in [3.8, 4) is 0 Å². The lowest BCUT2D eigenvalue weighted by atomic mass is 9.96. The molecule has 0 bridgehead atoms. The van der Waals surface area contributed by atoms with Crippen molar-refractivity contribution >= 4 is 11.9 Å². The SMILES string of the molecule is CC(C)OC(=O)c1nc(C(F)(F)F)n2c1CN(C(=O)C[C@H](C)Cc1cc(F)c(F)cc1F)CC2. The summed E-state index contributed by atoms with van der Waals surface area (Å²) in [5, 5.41) is 0. The molecule has 1 aromatic heterocycles. The fourth-order valence-electron chi connectivity index (χ4n) is 3.83. The summed E-state index contributed by atoms with van der Waals surface area (Å²) >= 11 is 0. The van der Waals surface area contributed by atoms with E-state index in [9.17, 15) is 35.9 Å². The maximum Gasteiger partial charge on any atom is 0.449 e. The van der Waals surface area contributed by atoms with Crippen molar-refractivity contribution in [1.82, 2.24) is 14.5 Å². The average Bonchev–Trinajstić information content (AvgIpc) is 3.11. The van der Waals surface area contributed by atoms with Gasteiger partial charge in [-0.1, -0.05) is 6.92 Å². The van der Waals surface area contributed by atoms with Crippen LogP contribution in [0, 0.1) is 23.4 Å². The van der Waals surface area contributed by atoms with Crippen molar-refractivity contribution in [2.24, 2.45) is 5.92 Å². The summed E-state index contributed by atoms with van der Waals surface area (Å²) in [4.78, 5) is 29.9. The summed E-state index contributed by atoms with van der Waals surface area (Å²) in [6, 6.07) is 1.16. The van der Waals surface area contributed by atoms with E-state index in [-0.39, 0.29) is 43.7 Å². The van der Waals surface area contributed by atoms with Crippen LogP contribution in [0.3, 0.4) is 0 Å². The Morgan fingerprint density at radius 2 is 1.71 bits per heavy atom. The molecule has 0 N–H and O–H groups in total. The second-order valence-corrected chi connectivity index (χ2v) is 8.52. The van der Waals surface area contributed by atoms with Crippen LogP contribution in [0.1, 0.15) is 54.8 Å². The molecule has 1 amide bonds. The number of carbonyl (C=O) groups is 2. The summed E-state index contributed by atoms with van der Waals surface area (Å²) in [5.74, 6) is -6.65. The Morgan fingerprint density at radius 3 is 2.32 bits per heavy atom. The van der Waals surface area contributed by atoms with E-state index in [0.29, 0.717) is 6.07 Å². The topological polar surface area (TPSA) is 64.4 Å². The Hall–Kier alpha value is -3.05. The molecule has 0 radical (unpaired) electrons. The number of ether oxygens (including phenoxy) is 1. The highest BCUT2D eigenvalue weighted by atomic mass is 19.4. The predicted octanol–water partition coefficient (Wildman–Crippen LogP) is 4.50. The summed E-state index contributed by atoms with van der Waals surface area (Å²) in [7, 11) is 0. The van der Waals surface area contributed by atoms with Crippen molar-refractivity contribution < 1.29 is 40.7 Å². The molecule has 1 aliphatic rings. The maximum atomic E-state index is 13.9. The molecule has 0 spiro atoms.